The van der Waals surface area contributed by atoms with Gasteiger partial charge in [0.05, 0.1) is 18.4 Å². The van der Waals surface area contributed by atoms with Crippen LogP contribution in [0, 0.1) is 12.8 Å². The molecule has 0 aromatic heterocycles. The molecule has 110 valence electrons. The molecule has 2 aliphatic rings. The molecular weight excluding hydrogens is 258 g/mol. The van der Waals surface area contributed by atoms with E-state index in [1.54, 1.807) is 0 Å². The molecule has 0 saturated carbocycles. The number of hydrogen-bond acceptors (Lipinski definition) is 3. The molecule has 21 heavy (non-hydrogen) atoms. The van der Waals surface area contributed by atoms with Crippen molar-refractivity contribution in [3.05, 3.63) is 59.2 Å². The number of allylic oxidation sites excluding steroid dienone is 2. The number of hydrogen-bond donors (Lipinski definition) is 1. The summed E-state index contributed by atoms with van der Waals surface area (Å²) in [6.45, 7) is 4.83. The Morgan fingerprint density at radius 3 is 2.95 bits per heavy atom. The van der Waals surface area contributed by atoms with Gasteiger partial charge < -0.3 is 5.73 Å². The molecule has 1 aliphatic heterocycles. The Morgan fingerprint density at radius 1 is 1.38 bits per heavy atom. The Morgan fingerprint density at radius 2 is 2.24 bits per heavy atom. The molecule has 1 aromatic rings. The first kappa shape index (κ1) is 14.1. The molecule has 2 unspecified atom stereocenters. The summed E-state index contributed by atoms with van der Waals surface area (Å²) < 4.78 is 0. The van der Waals surface area contributed by atoms with E-state index in [-0.39, 0.29) is 6.04 Å². The van der Waals surface area contributed by atoms with E-state index in [1.165, 1.54) is 16.7 Å². The van der Waals surface area contributed by atoms with E-state index in [9.17, 15) is 0 Å². The lowest BCUT2D eigenvalue weighted by atomic mass is 9.90. The van der Waals surface area contributed by atoms with E-state index in [0.717, 1.165) is 18.6 Å². The van der Waals surface area contributed by atoms with Gasteiger partial charge in [0.1, 0.15) is 0 Å². The van der Waals surface area contributed by atoms with Gasteiger partial charge in [-0.3, -0.25) is 5.01 Å². The minimum atomic E-state index is 0.282. The monoisotopic (exact) mass is 281 g/mol. The summed E-state index contributed by atoms with van der Waals surface area (Å²) in [5.41, 5.74) is 10.9. The van der Waals surface area contributed by atoms with Crippen LogP contribution >= 0.6 is 0 Å². The highest BCUT2D eigenvalue weighted by molar-refractivity contribution is 6.02. The predicted octanol–water partition coefficient (Wildman–Crippen LogP) is 3.21. The molecule has 0 bridgehead atoms. The fourth-order valence-corrected chi connectivity index (χ4v) is 3.11. The molecule has 3 nitrogen and oxygen atoms in total. The summed E-state index contributed by atoms with van der Waals surface area (Å²) in [6.07, 6.45) is 8.93. The zero-order valence-corrected chi connectivity index (χ0v) is 12.8. The third-order valence-electron chi connectivity index (χ3n) is 4.21. The van der Waals surface area contributed by atoms with Gasteiger partial charge >= 0.3 is 0 Å². The van der Waals surface area contributed by atoms with Crippen LogP contribution < -0.4 is 5.73 Å². The minimum absolute atomic E-state index is 0.282. The summed E-state index contributed by atoms with van der Waals surface area (Å²) in [5.74, 6) is 0.604. The van der Waals surface area contributed by atoms with Gasteiger partial charge in [0.25, 0.3) is 0 Å². The van der Waals surface area contributed by atoms with Crippen LogP contribution in [0.15, 0.2) is 53.2 Å². The van der Waals surface area contributed by atoms with Gasteiger partial charge in [-0.15, -0.1) is 0 Å². The first-order valence-corrected chi connectivity index (χ1v) is 7.67. The van der Waals surface area contributed by atoms with Crippen LogP contribution in [-0.2, 0) is 0 Å². The first-order valence-electron chi connectivity index (χ1n) is 7.67. The van der Waals surface area contributed by atoms with Gasteiger partial charge in [-0.05, 0) is 30.4 Å². The first-order chi connectivity index (χ1) is 10.2. The van der Waals surface area contributed by atoms with Gasteiger partial charge in [-0.1, -0.05) is 55.0 Å². The smallest absolute Gasteiger partial charge is 0.0837 e. The van der Waals surface area contributed by atoms with Crippen LogP contribution in [0.4, 0.5) is 0 Å². The van der Waals surface area contributed by atoms with Crippen molar-refractivity contribution in [2.45, 2.75) is 32.7 Å². The van der Waals surface area contributed by atoms with Crippen molar-refractivity contribution >= 4 is 5.71 Å². The molecule has 0 saturated heterocycles. The lowest BCUT2D eigenvalue weighted by Gasteiger charge is -2.25. The number of hydrazone groups is 1. The molecule has 1 aliphatic carbocycles. The fraction of sp³-hybridized carbons (Fsp3) is 0.389. The van der Waals surface area contributed by atoms with Gasteiger partial charge in [-0.25, -0.2) is 0 Å². The van der Waals surface area contributed by atoms with E-state index < -0.39 is 0 Å². The quantitative estimate of drug-likeness (QED) is 0.924. The standard InChI is InChI=1S/C18H23N3/c1-13-5-3-7-15(9-13)17-11-18(21(12-19)20-17)16-8-4-6-14(2)10-16/h3-5,7-10,14,18H,6,11-12,19H2,1-2H3. The van der Waals surface area contributed by atoms with Crippen LogP contribution in [-0.4, -0.2) is 23.4 Å². The average Bonchev–Trinajstić information content (AvgIpc) is 2.91. The molecule has 2 N–H and O–H groups in total. The predicted molar refractivity (Wildman–Crippen MR) is 88.0 cm³/mol. The topological polar surface area (TPSA) is 41.6 Å². The highest BCUT2D eigenvalue weighted by Gasteiger charge is 2.29. The molecular formula is C18H23N3. The van der Waals surface area contributed by atoms with Crippen molar-refractivity contribution in [1.82, 2.24) is 5.01 Å². The van der Waals surface area contributed by atoms with Crippen LogP contribution in [0.2, 0.25) is 0 Å². The average molecular weight is 281 g/mol. The van der Waals surface area contributed by atoms with Crippen LogP contribution in [0.3, 0.4) is 0 Å². The van der Waals surface area contributed by atoms with E-state index in [4.69, 9.17) is 10.8 Å². The number of nitrogens with zero attached hydrogens (tertiary/aromatic N) is 2. The zero-order chi connectivity index (χ0) is 14.8. The van der Waals surface area contributed by atoms with Crippen molar-refractivity contribution in [3.8, 4) is 0 Å². The van der Waals surface area contributed by atoms with E-state index in [1.807, 2.05) is 5.01 Å². The molecule has 1 heterocycles. The van der Waals surface area contributed by atoms with Gasteiger partial charge in [0.2, 0.25) is 0 Å². The van der Waals surface area contributed by atoms with Gasteiger partial charge in [-0.2, -0.15) is 5.10 Å². The SMILES string of the molecule is Cc1cccc(C2=NN(CN)C(C3=CC(C)CC=C3)C2)c1. The third kappa shape index (κ3) is 2.93. The lowest BCUT2D eigenvalue weighted by Crippen LogP contribution is -2.33. The van der Waals surface area contributed by atoms with Crippen molar-refractivity contribution in [3.63, 3.8) is 0 Å². The highest BCUT2D eigenvalue weighted by Crippen LogP contribution is 2.29. The summed E-state index contributed by atoms with van der Waals surface area (Å²) >= 11 is 0. The Bertz CT molecular complexity index is 613. The molecule has 0 amide bonds. The minimum Gasteiger partial charge on any atom is -0.313 e. The van der Waals surface area contributed by atoms with Crippen molar-refractivity contribution in [1.29, 1.82) is 0 Å². The molecule has 0 radical (unpaired) electrons. The largest absolute Gasteiger partial charge is 0.313 e. The van der Waals surface area contributed by atoms with Crippen LogP contribution in [0.25, 0.3) is 0 Å². The molecule has 0 fully saturated rings. The molecule has 2 atom stereocenters. The second-order valence-electron chi connectivity index (χ2n) is 6.04. The summed E-state index contributed by atoms with van der Waals surface area (Å²) in [6, 6.07) is 8.82. The number of benzene rings is 1. The highest BCUT2D eigenvalue weighted by atomic mass is 15.5. The number of aryl methyl sites for hydroxylation is 1. The third-order valence-corrected chi connectivity index (χ3v) is 4.21. The number of nitrogens with two attached hydrogens (primary N) is 1. The van der Waals surface area contributed by atoms with Crippen LogP contribution in [0.1, 0.15) is 30.9 Å². The van der Waals surface area contributed by atoms with Gasteiger partial charge in [0, 0.05) is 6.42 Å². The molecule has 0 spiro atoms. The maximum Gasteiger partial charge on any atom is 0.0837 e. The van der Waals surface area contributed by atoms with Crippen LogP contribution in [0.5, 0.6) is 0 Å². The maximum absolute atomic E-state index is 5.90. The summed E-state index contributed by atoms with van der Waals surface area (Å²) in [5, 5.41) is 6.77. The normalized spacial score (nSPS) is 25.0. The lowest BCUT2D eigenvalue weighted by molar-refractivity contribution is 0.266. The Labute approximate surface area is 126 Å². The second kappa shape index (κ2) is 5.86. The number of rotatable bonds is 3. The molecule has 1 aromatic carbocycles. The van der Waals surface area contributed by atoms with Crippen molar-refractivity contribution < 1.29 is 0 Å². The van der Waals surface area contributed by atoms with E-state index in [0.29, 0.717) is 12.6 Å². The Kier molecular flexibility index (Phi) is 3.93. The van der Waals surface area contributed by atoms with E-state index >= 15 is 0 Å². The van der Waals surface area contributed by atoms with Crippen molar-refractivity contribution in [2.75, 3.05) is 6.67 Å². The fourth-order valence-electron chi connectivity index (χ4n) is 3.11. The summed E-state index contributed by atoms with van der Waals surface area (Å²) in [4.78, 5) is 0. The second-order valence-corrected chi connectivity index (χ2v) is 6.04. The molecule has 3 rings (SSSR count). The Hall–Kier alpha value is -1.87. The summed E-state index contributed by atoms with van der Waals surface area (Å²) in [7, 11) is 0. The maximum atomic E-state index is 5.90. The Balaban J connectivity index is 1.86. The molecule has 3 heteroatoms. The van der Waals surface area contributed by atoms with E-state index in [2.05, 4.69) is 56.3 Å². The zero-order valence-electron chi connectivity index (χ0n) is 12.8. The van der Waals surface area contributed by atoms with Crippen molar-refractivity contribution in [2.24, 2.45) is 16.8 Å². The van der Waals surface area contributed by atoms with Gasteiger partial charge in [0.15, 0.2) is 0 Å².